The fourth-order valence-corrected chi connectivity index (χ4v) is 4.19. The first-order chi connectivity index (χ1) is 19.1. The summed E-state index contributed by atoms with van der Waals surface area (Å²) in [7, 11) is 0. The number of imidazole rings is 1. The summed E-state index contributed by atoms with van der Waals surface area (Å²) in [6.45, 7) is 2.41. The molecule has 0 unspecified atom stereocenters. The molecular weight excluding hydrogens is 492 g/mol. The van der Waals surface area contributed by atoms with Gasteiger partial charge in [-0.3, -0.25) is 19.5 Å². The lowest BCUT2D eigenvalue weighted by atomic mass is 10.2. The Balaban J connectivity index is 1.44. The zero-order valence-corrected chi connectivity index (χ0v) is 21.5. The molecule has 0 bridgehead atoms. The number of carbonyl (C=O) groups excluding carboxylic acids is 2. The second-order valence-corrected chi connectivity index (χ2v) is 8.77. The van der Waals surface area contributed by atoms with Crippen LogP contribution in [0.2, 0.25) is 0 Å². The van der Waals surface area contributed by atoms with Crippen LogP contribution in [-0.4, -0.2) is 39.4 Å². The number of benzene rings is 3. The molecule has 2 heterocycles. The Labute approximate surface area is 226 Å². The topological polar surface area (TPSA) is 89.6 Å². The Morgan fingerprint density at radius 3 is 2.44 bits per heavy atom. The quantitative estimate of drug-likeness (QED) is 0.251. The molecule has 0 fully saturated rings. The zero-order chi connectivity index (χ0) is 27.0. The van der Waals surface area contributed by atoms with Gasteiger partial charge in [0.25, 0.3) is 5.91 Å². The molecule has 0 aliphatic carbocycles. The molecule has 0 saturated carbocycles. The molecule has 5 aromatic rings. The number of carbonyl (C=O) groups is 2. The van der Waals surface area contributed by atoms with E-state index in [1.54, 1.807) is 47.2 Å². The van der Waals surface area contributed by atoms with Crippen molar-refractivity contribution in [2.24, 2.45) is 0 Å². The van der Waals surface area contributed by atoms with Crippen LogP contribution in [0.15, 0.2) is 114 Å². The third kappa shape index (κ3) is 6.24. The van der Waals surface area contributed by atoms with Crippen molar-refractivity contribution < 1.29 is 18.7 Å². The van der Waals surface area contributed by atoms with Crippen molar-refractivity contribution in [1.29, 1.82) is 0 Å². The van der Waals surface area contributed by atoms with Crippen LogP contribution in [0.5, 0.6) is 5.75 Å². The smallest absolute Gasteiger partial charge is 0.254 e. The third-order valence-electron chi connectivity index (χ3n) is 6.00. The molecule has 0 atom stereocenters. The lowest BCUT2D eigenvalue weighted by Gasteiger charge is -2.21. The number of amides is 2. The molecule has 3 aromatic carbocycles. The third-order valence-corrected chi connectivity index (χ3v) is 6.00. The van der Waals surface area contributed by atoms with Gasteiger partial charge in [0.15, 0.2) is 0 Å². The molecular formula is C31H28N4O4. The summed E-state index contributed by atoms with van der Waals surface area (Å²) in [4.78, 5) is 32.9. The lowest BCUT2D eigenvalue weighted by molar-refractivity contribution is -0.117. The molecule has 8 heteroatoms. The summed E-state index contributed by atoms with van der Waals surface area (Å²) in [5.41, 5.74) is 2.86. The van der Waals surface area contributed by atoms with Crippen molar-refractivity contribution in [2.45, 2.75) is 13.5 Å². The minimum absolute atomic E-state index is 0.147. The number of ether oxygens (including phenoxy) is 1. The van der Waals surface area contributed by atoms with Gasteiger partial charge < -0.3 is 14.1 Å². The van der Waals surface area contributed by atoms with Crippen molar-refractivity contribution in [3.63, 3.8) is 0 Å². The Morgan fingerprint density at radius 2 is 1.72 bits per heavy atom. The molecule has 8 nitrogen and oxygen atoms in total. The van der Waals surface area contributed by atoms with Crippen LogP contribution in [-0.2, 0) is 11.3 Å². The predicted molar refractivity (Wildman–Crippen MR) is 149 cm³/mol. The van der Waals surface area contributed by atoms with Gasteiger partial charge in [-0.1, -0.05) is 54.6 Å². The second kappa shape index (κ2) is 12.0. The first-order valence-electron chi connectivity index (χ1n) is 12.7. The van der Waals surface area contributed by atoms with E-state index in [4.69, 9.17) is 14.1 Å². The number of nitrogens with zero attached hydrogens (tertiary/aromatic N) is 3. The van der Waals surface area contributed by atoms with Crippen molar-refractivity contribution in [3.8, 4) is 22.7 Å². The zero-order valence-electron chi connectivity index (χ0n) is 21.5. The maximum absolute atomic E-state index is 13.4. The Morgan fingerprint density at radius 1 is 0.949 bits per heavy atom. The fourth-order valence-electron chi connectivity index (χ4n) is 4.19. The van der Waals surface area contributed by atoms with Crippen LogP contribution in [0.25, 0.3) is 16.9 Å². The molecule has 0 radical (unpaired) electrons. The summed E-state index contributed by atoms with van der Waals surface area (Å²) in [6, 6.07) is 29.7. The highest BCUT2D eigenvalue weighted by molar-refractivity contribution is 5.99. The average Bonchev–Trinajstić information content (AvgIpc) is 3.64. The van der Waals surface area contributed by atoms with Crippen molar-refractivity contribution in [3.05, 3.63) is 121 Å². The summed E-state index contributed by atoms with van der Waals surface area (Å²) in [5.74, 6) is 0.948. The minimum atomic E-state index is -0.390. The predicted octanol–water partition coefficient (Wildman–Crippen LogP) is 5.81. The summed E-state index contributed by atoms with van der Waals surface area (Å²) in [6.07, 6.45) is 3.41. The molecule has 0 spiro atoms. The van der Waals surface area contributed by atoms with Gasteiger partial charge in [0.1, 0.15) is 18.1 Å². The highest BCUT2D eigenvalue weighted by atomic mass is 16.5. The van der Waals surface area contributed by atoms with Crippen molar-refractivity contribution in [1.82, 2.24) is 14.5 Å². The monoisotopic (exact) mass is 520 g/mol. The van der Waals surface area contributed by atoms with E-state index in [0.29, 0.717) is 35.3 Å². The van der Waals surface area contributed by atoms with E-state index in [2.05, 4.69) is 5.32 Å². The Hall–Kier alpha value is -5.11. The van der Waals surface area contributed by atoms with Crippen LogP contribution in [0.3, 0.4) is 0 Å². The number of hydrogen-bond acceptors (Lipinski definition) is 5. The maximum atomic E-state index is 13.4. The van der Waals surface area contributed by atoms with Crippen LogP contribution in [0.4, 0.5) is 5.95 Å². The molecule has 196 valence electrons. The number of nitrogens with one attached hydrogen (secondary N) is 1. The second-order valence-electron chi connectivity index (χ2n) is 8.77. The first-order valence-corrected chi connectivity index (χ1v) is 12.7. The van der Waals surface area contributed by atoms with Gasteiger partial charge in [-0.2, -0.15) is 0 Å². The van der Waals surface area contributed by atoms with Crippen molar-refractivity contribution in [2.75, 3.05) is 18.5 Å². The highest BCUT2D eigenvalue weighted by Gasteiger charge is 2.22. The molecule has 1 N–H and O–H groups in total. The number of hydrogen-bond donors (Lipinski definition) is 1. The summed E-state index contributed by atoms with van der Waals surface area (Å²) >= 11 is 0. The van der Waals surface area contributed by atoms with E-state index < -0.39 is 5.91 Å². The van der Waals surface area contributed by atoms with Gasteiger partial charge in [-0.05, 0) is 43.3 Å². The summed E-state index contributed by atoms with van der Waals surface area (Å²) < 4.78 is 12.9. The molecule has 2 aromatic heterocycles. The van der Waals surface area contributed by atoms with E-state index in [-0.39, 0.29) is 19.0 Å². The molecule has 0 aliphatic heterocycles. The van der Waals surface area contributed by atoms with Crippen LogP contribution < -0.4 is 10.1 Å². The Bertz CT molecular complexity index is 1530. The first kappa shape index (κ1) is 25.5. The molecule has 39 heavy (non-hydrogen) atoms. The van der Waals surface area contributed by atoms with Crippen LogP contribution >= 0.6 is 0 Å². The Kier molecular flexibility index (Phi) is 7.83. The maximum Gasteiger partial charge on any atom is 0.254 e. The van der Waals surface area contributed by atoms with Crippen LogP contribution in [0, 0.1) is 0 Å². The largest absolute Gasteiger partial charge is 0.494 e. The number of rotatable bonds is 10. The van der Waals surface area contributed by atoms with E-state index in [1.807, 2.05) is 73.8 Å². The minimum Gasteiger partial charge on any atom is -0.494 e. The average molecular weight is 521 g/mol. The van der Waals surface area contributed by atoms with Crippen molar-refractivity contribution >= 4 is 17.8 Å². The van der Waals surface area contributed by atoms with Gasteiger partial charge in [0.2, 0.25) is 11.9 Å². The highest BCUT2D eigenvalue weighted by Crippen LogP contribution is 2.26. The normalized spacial score (nSPS) is 10.7. The summed E-state index contributed by atoms with van der Waals surface area (Å²) in [5, 5.41) is 2.91. The van der Waals surface area contributed by atoms with E-state index in [0.717, 1.165) is 11.3 Å². The van der Waals surface area contributed by atoms with Gasteiger partial charge >= 0.3 is 0 Å². The van der Waals surface area contributed by atoms with Crippen LogP contribution in [0.1, 0.15) is 23.0 Å². The van der Waals surface area contributed by atoms with Gasteiger partial charge in [0, 0.05) is 23.4 Å². The SMILES string of the molecule is CCOc1cccc(-n2cc(-c3ccccc3)nc2NC(=O)CN(Cc2ccco2)C(=O)c2ccccc2)c1. The number of aromatic nitrogens is 2. The lowest BCUT2D eigenvalue weighted by Crippen LogP contribution is -2.37. The van der Waals surface area contributed by atoms with Gasteiger partial charge in [-0.25, -0.2) is 4.98 Å². The molecule has 5 rings (SSSR count). The number of furan rings is 1. The molecule has 0 saturated heterocycles. The standard InChI is InChI=1S/C31H28N4O4/c1-2-38-26-16-9-15-25(19-26)35-21-28(23-11-5-3-6-12-23)32-31(35)33-29(36)22-34(20-27-17-10-18-39-27)30(37)24-13-7-4-8-14-24/h3-19,21H,2,20,22H2,1H3,(H,32,33,36). The van der Waals surface area contributed by atoms with E-state index in [9.17, 15) is 9.59 Å². The van der Waals surface area contributed by atoms with Gasteiger partial charge in [-0.15, -0.1) is 0 Å². The van der Waals surface area contributed by atoms with E-state index in [1.165, 1.54) is 4.90 Å². The molecule has 2 amide bonds. The fraction of sp³-hybridized carbons (Fsp3) is 0.129. The number of anilines is 1. The van der Waals surface area contributed by atoms with Gasteiger partial charge in [0.05, 0.1) is 30.8 Å². The van der Waals surface area contributed by atoms with E-state index >= 15 is 0 Å². The molecule has 0 aliphatic rings.